The van der Waals surface area contributed by atoms with E-state index in [1.807, 2.05) is 11.6 Å². The molecule has 0 unspecified atom stereocenters. The van der Waals surface area contributed by atoms with Crippen LogP contribution in [-0.4, -0.2) is 40.9 Å². The molecule has 0 saturated carbocycles. The third-order valence-corrected chi connectivity index (χ3v) is 4.04. The van der Waals surface area contributed by atoms with Crippen LogP contribution in [-0.2, 0) is 0 Å². The Morgan fingerprint density at radius 3 is 2.45 bits per heavy atom. The number of nitrogen functional groups attached to an aromatic ring is 1. The number of aryl methyl sites for hydroxylation is 1. The molecule has 1 aliphatic heterocycles. The second-order valence-electron chi connectivity index (χ2n) is 6.07. The summed E-state index contributed by atoms with van der Waals surface area (Å²) < 4.78 is 1.99. The van der Waals surface area contributed by atoms with E-state index < -0.39 is 0 Å². The van der Waals surface area contributed by atoms with E-state index in [1.165, 1.54) is 38.8 Å². The molecule has 5 heteroatoms. The van der Waals surface area contributed by atoms with Gasteiger partial charge in [-0.05, 0) is 46.7 Å². The van der Waals surface area contributed by atoms with E-state index in [0.717, 1.165) is 30.3 Å². The first-order chi connectivity index (χ1) is 9.59. The monoisotopic (exact) mass is 279 g/mol. The Balaban J connectivity index is 1.90. The van der Waals surface area contributed by atoms with Gasteiger partial charge < -0.3 is 16.0 Å². The van der Waals surface area contributed by atoms with Crippen molar-refractivity contribution in [3.63, 3.8) is 0 Å². The number of hydrogen-bond acceptors (Lipinski definition) is 4. The minimum atomic E-state index is 0.326. The molecule has 0 bridgehead atoms. The summed E-state index contributed by atoms with van der Waals surface area (Å²) in [6.07, 6.45) is 5.45. The highest BCUT2D eigenvalue weighted by Crippen LogP contribution is 2.25. The Labute approximate surface area is 122 Å². The number of nitrogens with zero attached hydrogens (tertiary/aromatic N) is 3. The van der Waals surface area contributed by atoms with Crippen molar-refractivity contribution in [3.05, 3.63) is 5.69 Å². The quantitative estimate of drug-likeness (QED) is 0.870. The molecule has 0 amide bonds. The van der Waals surface area contributed by atoms with Crippen molar-refractivity contribution >= 4 is 11.5 Å². The lowest BCUT2D eigenvalue weighted by Crippen LogP contribution is -2.30. The average Bonchev–Trinajstić information content (AvgIpc) is 2.61. The van der Waals surface area contributed by atoms with Crippen molar-refractivity contribution in [2.45, 2.75) is 52.5 Å². The second-order valence-corrected chi connectivity index (χ2v) is 6.07. The van der Waals surface area contributed by atoms with Crippen LogP contribution in [0.1, 0.15) is 51.3 Å². The summed E-state index contributed by atoms with van der Waals surface area (Å²) in [5, 5.41) is 7.99. The van der Waals surface area contributed by atoms with Crippen molar-refractivity contribution in [1.82, 2.24) is 14.7 Å². The van der Waals surface area contributed by atoms with Gasteiger partial charge in [-0.1, -0.05) is 12.8 Å². The van der Waals surface area contributed by atoms with Crippen LogP contribution in [0.3, 0.4) is 0 Å². The summed E-state index contributed by atoms with van der Waals surface area (Å²) in [7, 11) is 0. The zero-order valence-corrected chi connectivity index (χ0v) is 13.2. The Bertz CT molecular complexity index is 416. The van der Waals surface area contributed by atoms with E-state index in [4.69, 9.17) is 5.73 Å². The van der Waals surface area contributed by atoms with Crippen molar-refractivity contribution in [2.75, 3.05) is 37.2 Å². The van der Waals surface area contributed by atoms with Gasteiger partial charge in [-0.15, -0.1) is 0 Å². The van der Waals surface area contributed by atoms with E-state index in [9.17, 15) is 0 Å². The largest absolute Gasteiger partial charge is 0.394 e. The molecule has 2 rings (SSSR count). The van der Waals surface area contributed by atoms with Crippen molar-refractivity contribution < 1.29 is 0 Å². The summed E-state index contributed by atoms with van der Waals surface area (Å²) in [5.41, 5.74) is 7.83. The SMILES string of the molecule is Cc1nn(C(C)C)c(NCCN2CCCCCC2)c1N. The number of nitrogens with one attached hydrogen (secondary N) is 1. The van der Waals surface area contributed by atoms with Crippen molar-refractivity contribution in [1.29, 1.82) is 0 Å². The Hall–Kier alpha value is -1.23. The second kappa shape index (κ2) is 6.97. The first-order valence-corrected chi connectivity index (χ1v) is 7.90. The van der Waals surface area contributed by atoms with E-state index in [-0.39, 0.29) is 0 Å². The van der Waals surface area contributed by atoms with Gasteiger partial charge in [-0.3, -0.25) is 0 Å². The summed E-state index contributed by atoms with van der Waals surface area (Å²) in [6, 6.07) is 0.326. The molecular weight excluding hydrogens is 250 g/mol. The van der Waals surface area contributed by atoms with Crippen molar-refractivity contribution in [2.24, 2.45) is 0 Å². The number of nitrogens with two attached hydrogens (primary N) is 1. The summed E-state index contributed by atoms with van der Waals surface area (Å²) in [4.78, 5) is 2.55. The maximum absolute atomic E-state index is 6.13. The van der Waals surface area contributed by atoms with Gasteiger partial charge in [0.1, 0.15) is 5.82 Å². The maximum atomic E-state index is 6.13. The van der Waals surface area contributed by atoms with Crippen LogP contribution in [0.2, 0.25) is 0 Å². The van der Waals surface area contributed by atoms with E-state index >= 15 is 0 Å². The molecule has 1 aliphatic rings. The van der Waals surface area contributed by atoms with Crippen molar-refractivity contribution in [3.8, 4) is 0 Å². The predicted octanol–water partition coefficient (Wildman–Crippen LogP) is 2.64. The van der Waals surface area contributed by atoms with Crippen LogP contribution < -0.4 is 11.1 Å². The highest BCUT2D eigenvalue weighted by molar-refractivity contribution is 5.64. The zero-order valence-electron chi connectivity index (χ0n) is 13.2. The molecule has 1 saturated heterocycles. The third kappa shape index (κ3) is 3.66. The predicted molar refractivity (Wildman–Crippen MR) is 85.2 cm³/mol. The van der Waals surface area contributed by atoms with Gasteiger partial charge in [0.2, 0.25) is 0 Å². The summed E-state index contributed by atoms with van der Waals surface area (Å²) in [6.45, 7) is 10.7. The van der Waals surface area contributed by atoms with Gasteiger partial charge in [0, 0.05) is 19.1 Å². The van der Waals surface area contributed by atoms with Gasteiger partial charge in [0.25, 0.3) is 0 Å². The molecule has 5 nitrogen and oxygen atoms in total. The Morgan fingerprint density at radius 1 is 1.20 bits per heavy atom. The normalized spacial score (nSPS) is 17.4. The molecule has 2 heterocycles. The lowest BCUT2D eigenvalue weighted by atomic mass is 10.2. The molecule has 20 heavy (non-hydrogen) atoms. The molecule has 0 atom stereocenters. The van der Waals surface area contributed by atoms with Gasteiger partial charge in [-0.25, -0.2) is 4.68 Å². The summed E-state index contributed by atoms with van der Waals surface area (Å²) >= 11 is 0. The minimum absolute atomic E-state index is 0.326. The highest BCUT2D eigenvalue weighted by atomic mass is 15.4. The number of likely N-dealkylation sites (tertiary alicyclic amines) is 1. The number of aromatic nitrogens is 2. The number of rotatable bonds is 5. The Morgan fingerprint density at radius 2 is 1.85 bits per heavy atom. The first kappa shape index (κ1) is 15.2. The minimum Gasteiger partial charge on any atom is -0.394 e. The number of hydrogen-bond donors (Lipinski definition) is 2. The lowest BCUT2D eigenvalue weighted by Gasteiger charge is -2.21. The van der Waals surface area contributed by atoms with E-state index in [1.54, 1.807) is 0 Å². The molecule has 0 aliphatic carbocycles. The average molecular weight is 279 g/mol. The van der Waals surface area contributed by atoms with Crippen LogP contribution in [0, 0.1) is 6.92 Å². The fourth-order valence-electron chi connectivity index (χ4n) is 2.80. The topological polar surface area (TPSA) is 59.1 Å². The molecule has 1 fully saturated rings. The third-order valence-electron chi connectivity index (χ3n) is 4.04. The molecular formula is C15H29N5. The molecule has 0 radical (unpaired) electrons. The van der Waals surface area contributed by atoms with E-state index in [0.29, 0.717) is 6.04 Å². The smallest absolute Gasteiger partial charge is 0.148 e. The van der Waals surface area contributed by atoms with Crippen LogP contribution in [0.4, 0.5) is 11.5 Å². The van der Waals surface area contributed by atoms with Gasteiger partial charge in [-0.2, -0.15) is 5.10 Å². The zero-order chi connectivity index (χ0) is 14.5. The van der Waals surface area contributed by atoms with Gasteiger partial charge in [0.15, 0.2) is 0 Å². The van der Waals surface area contributed by atoms with E-state index in [2.05, 4.69) is 29.2 Å². The summed E-state index contributed by atoms with van der Waals surface area (Å²) in [5.74, 6) is 0.979. The van der Waals surface area contributed by atoms with Gasteiger partial charge in [0.05, 0.1) is 11.4 Å². The highest BCUT2D eigenvalue weighted by Gasteiger charge is 2.15. The van der Waals surface area contributed by atoms with Crippen LogP contribution in [0.5, 0.6) is 0 Å². The van der Waals surface area contributed by atoms with Crippen LogP contribution in [0.25, 0.3) is 0 Å². The lowest BCUT2D eigenvalue weighted by molar-refractivity contribution is 0.296. The maximum Gasteiger partial charge on any atom is 0.148 e. The Kier molecular flexibility index (Phi) is 5.29. The molecule has 3 N–H and O–H groups in total. The first-order valence-electron chi connectivity index (χ1n) is 7.90. The van der Waals surface area contributed by atoms with Crippen LogP contribution >= 0.6 is 0 Å². The fraction of sp³-hybridized carbons (Fsp3) is 0.800. The molecule has 0 aromatic carbocycles. The molecule has 1 aromatic rings. The molecule has 1 aromatic heterocycles. The van der Waals surface area contributed by atoms with Crippen LogP contribution in [0.15, 0.2) is 0 Å². The number of anilines is 2. The standard InChI is InChI=1S/C15H29N5/c1-12(2)20-15(14(16)13(3)18-20)17-8-11-19-9-6-4-5-7-10-19/h12,17H,4-11,16H2,1-3H3. The molecule has 0 spiro atoms. The molecule has 114 valence electrons. The van der Waals surface area contributed by atoms with Gasteiger partial charge >= 0.3 is 0 Å². The fourth-order valence-corrected chi connectivity index (χ4v) is 2.80.